The zero-order valence-corrected chi connectivity index (χ0v) is 10.6. The Morgan fingerprint density at radius 2 is 1.94 bits per heavy atom. The third kappa shape index (κ3) is 2.79. The standard InChI is InChI=1S/C12H11IN2O/c14-9-4-6-10(7-5-9)15-12(16)11-3-1-2-8-13-11/h1-8H,14H2,(H,15,16). The Morgan fingerprint density at radius 1 is 1.19 bits per heavy atom. The van der Waals surface area contributed by atoms with Gasteiger partial charge in [-0.15, -0.1) is 0 Å². The number of nitrogens with two attached hydrogens (primary N) is 1. The lowest BCUT2D eigenvalue weighted by atomic mass is 10.2. The molecular formula is C12H11IN2O. The first-order valence-electron chi connectivity index (χ1n) is 4.76. The van der Waals surface area contributed by atoms with Crippen LogP contribution in [0, 0.1) is 0 Å². The molecule has 0 spiro atoms. The lowest BCUT2D eigenvalue weighted by molar-refractivity contribution is -0.110. The summed E-state index contributed by atoms with van der Waals surface area (Å²) in [6.45, 7) is 0. The van der Waals surface area contributed by atoms with Crippen LogP contribution in [-0.2, 0) is 4.79 Å². The van der Waals surface area contributed by atoms with Gasteiger partial charge in [-0.25, -0.2) is 0 Å². The van der Waals surface area contributed by atoms with E-state index in [4.69, 9.17) is 5.73 Å². The van der Waals surface area contributed by atoms with Crippen LogP contribution >= 0.6 is 20.7 Å². The lowest BCUT2D eigenvalue weighted by Gasteiger charge is -2.06. The van der Waals surface area contributed by atoms with Gasteiger partial charge in [0.05, 0.1) is 3.51 Å². The maximum Gasteiger partial charge on any atom is 0.261 e. The van der Waals surface area contributed by atoms with Crippen LogP contribution in [0.15, 0.2) is 46.6 Å². The topological polar surface area (TPSA) is 55.1 Å². The smallest absolute Gasteiger partial charge is 0.261 e. The second kappa shape index (κ2) is 5.07. The molecule has 3 nitrogen and oxygen atoms in total. The van der Waals surface area contributed by atoms with Crippen molar-refractivity contribution in [2.75, 3.05) is 11.1 Å². The fourth-order valence-corrected chi connectivity index (χ4v) is 2.87. The molecular weight excluding hydrogens is 315 g/mol. The van der Waals surface area contributed by atoms with E-state index in [1.807, 2.05) is 18.2 Å². The van der Waals surface area contributed by atoms with E-state index in [9.17, 15) is 4.79 Å². The van der Waals surface area contributed by atoms with Crippen LogP contribution < -0.4 is 11.1 Å². The minimum Gasteiger partial charge on any atom is -0.399 e. The average molecular weight is 326 g/mol. The number of halogens is 1. The molecule has 0 bridgehead atoms. The molecule has 1 amide bonds. The van der Waals surface area contributed by atoms with Gasteiger partial charge in [-0.3, -0.25) is 4.79 Å². The van der Waals surface area contributed by atoms with E-state index in [1.165, 1.54) is 0 Å². The molecule has 1 aromatic carbocycles. The van der Waals surface area contributed by atoms with Gasteiger partial charge >= 0.3 is 0 Å². The summed E-state index contributed by atoms with van der Waals surface area (Å²) < 4.78 is 2.94. The number of nitrogens with one attached hydrogen (secondary N) is 1. The Bertz CT molecular complexity index is 486. The number of rotatable bonds is 2. The Hall–Kier alpha value is -1.43. The zero-order valence-electron chi connectivity index (χ0n) is 8.48. The molecule has 3 N–H and O–H groups in total. The normalized spacial score (nSPS) is 13.9. The highest BCUT2D eigenvalue weighted by atomic mass is 127. The summed E-state index contributed by atoms with van der Waals surface area (Å²) >= 11 is -0.284. The molecule has 0 aliphatic carbocycles. The minimum absolute atomic E-state index is 0.0156. The molecule has 82 valence electrons. The van der Waals surface area contributed by atoms with Gasteiger partial charge in [0, 0.05) is 11.4 Å². The van der Waals surface area contributed by atoms with Crippen molar-refractivity contribution in [3.63, 3.8) is 0 Å². The first-order chi connectivity index (χ1) is 7.75. The highest BCUT2D eigenvalue weighted by Crippen LogP contribution is 2.14. The number of allylic oxidation sites excluding steroid dienone is 2. The van der Waals surface area contributed by atoms with E-state index in [2.05, 4.69) is 9.40 Å². The fourth-order valence-electron chi connectivity index (χ4n) is 1.21. The third-order valence-electron chi connectivity index (χ3n) is 1.99. The van der Waals surface area contributed by atoms with Crippen molar-refractivity contribution in [1.29, 1.82) is 0 Å². The van der Waals surface area contributed by atoms with Crippen LogP contribution in [0.4, 0.5) is 11.4 Å². The fraction of sp³-hybridized carbons (Fsp3) is 0. The Balaban J connectivity index is 2.08. The third-order valence-corrected chi connectivity index (χ3v) is 4.29. The Labute approximate surface area is 104 Å². The predicted molar refractivity (Wildman–Crippen MR) is 76.8 cm³/mol. The summed E-state index contributed by atoms with van der Waals surface area (Å²) in [5.74, 6) is -0.0156. The van der Waals surface area contributed by atoms with Gasteiger partial charge < -0.3 is 11.1 Å². The number of amides is 1. The Morgan fingerprint density at radius 3 is 2.56 bits per heavy atom. The highest BCUT2D eigenvalue weighted by Gasteiger charge is 2.07. The molecule has 1 heterocycles. The van der Waals surface area contributed by atoms with Gasteiger partial charge in [-0.05, 0) is 34.4 Å². The van der Waals surface area contributed by atoms with E-state index >= 15 is 0 Å². The van der Waals surface area contributed by atoms with Crippen molar-refractivity contribution in [1.82, 2.24) is 0 Å². The van der Waals surface area contributed by atoms with Crippen LogP contribution in [0.5, 0.6) is 0 Å². The van der Waals surface area contributed by atoms with Gasteiger partial charge in [0.2, 0.25) is 0 Å². The molecule has 0 saturated heterocycles. The van der Waals surface area contributed by atoms with Crippen LogP contribution in [-0.4, -0.2) is 9.42 Å². The van der Waals surface area contributed by atoms with Gasteiger partial charge in [0.15, 0.2) is 0 Å². The molecule has 1 aliphatic heterocycles. The number of anilines is 2. The average Bonchev–Trinajstić information content (AvgIpc) is 2.33. The second-order valence-corrected chi connectivity index (χ2v) is 5.71. The van der Waals surface area contributed by atoms with Gasteiger partial charge in [-0.2, -0.15) is 0 Å². The van der Waals surface area contributed by atoms with Gasteiger partial charge in [0.25, 0.3) is 5.91 Å². The number of carbonyl (C=O) groups is 1. The second-order valence-electron chi connectivity index (χ2n) is 3.21. The van der Waals surface area contributed by atoms with Crippen molar-refractivity contribution < 1.29 is 4.79 Å². The van der Waals surface area contributed by atoms with E-state index in [-0.39, 0.29) is 26.6 Å². The van der Waals surface area contributed by atoms with E-state index in [0.29, 0.717) is 5.69 Å². The van der Waals surface area contributed by atoms with Crippen LogP contribution in [0.3, 0.4) is 0 Å². The van der Waals surface area contributed by atoms with Crippen LogP contribution in [0.2, 0.25) is 0 Å². The molecule has 0 atom stereocenters. The molecule has 0 fully saturated rings. The Kier molecular flexibility index (Phi) is 3.51. The molecule has 0 saturated carbocycles. The zero-order chi connectivity index (χ0) is 11.4. The molecule has 4 heteroatoms. The van der Waals surface area contributed by atoms with Gasteiger partial charge in [-0.1, -0.05) is 32.9 Å². The van der Waals surface area contributed by atoms with E-state index < -0.39 is 0 Å². The number of benzene rings is 1. The molecule has 16 heavy (non-hydrogen) atoms. The summed E-state index contributed by atoms with van der Waals surface area (Å²) in [5.41, 5.74) is 7.04. The van der Waals surface area contributed by atoms with Crippen LogP contribution in [0.1, 0.15) is 0 Å². The largest absolute Gasteiger partial charge is 0.399 e. The number of hydrogen-bond acceptors (Lipinski definition) is 2. The van der Waals surface area contributed by atoms with Gasteiger partial charge in [0.1, 0.15) is 0 Å². The number of carbonyl (C=O) groups excluding carboxylic acids is 1. The molecule has 1 aliphatic rings. The van der Waals surface area contributed by atoms with E-state index in [1.54, 1.807) is 24.3 Å². The molecule has 1 aromatic rings. The summed E-state index contributed by atoms with van der Waals surface area (Å²) in [5, 5.41) is 2.85. The van der Waals surface area contributed by atoms with Crippen molar-refractivity contribution in [2.24, 2.45) is 0 Å². The molecule has 2 rings (SSSR count). The monoisotopic (exact) mass is 326 g/mol. The minimum atomic E-state index is -0.284. The van der Waals surface area contributed by atoms with Crippen LogP contribution in [0.25, 0.3) is 0 Å². The molecule has 0 radical (unpaired) electrons. The maximum atomic E-state index is 11.8. The number of hydrogen-bond donors (Lipinski definition) is 2. The summed E-state index contributed by atoms with van der Waals surface area (Å²) in [6, 6.07) is 7.14. The first-order valence-corrected chi connectivity index (χ1v) is 7.08. The van der Waals surface area contributed by atoms with Crippen molar-refractivity contribution >= 4 is 41.5 Å². The van der Waals surface area contributed by atoms with Crippen molar-refractivity contribution in [3.8, 4) is 0 Å². The quantitative estimate of drug-likeness (QED) is 0.648. The van der Waals surface area contributed by atoms with Crippen molar-refractivity contribution in [2.45, 2.75) is 0 Å². The first kappa shape index (κ1) is 11.1. The number of nitrogen functional groups attached to an aromatic ring is 1. The van der Waals surface area contributed by atoms with Crippen molar-refractivity contribution in [3.05, 3.63) is 46.6 Å². The highest BCUT2D eigenvalue weighted by molar-refractivity contribution is 14.2. The molecule has 0 aromatic heterocycles. The maximum absolute atomic E-state index is 11.8. The SMILES string of the molecule is Nc1ccc(NC(=O)C2=IC=CC=C2)cc1. The lowest BCUT2D eigenvalue weighted by Crippen LogP contribution is -2.19. The van der Waals surface area contributed by atoms with E-state index in [0.717, 1.165) is 9.20 Å². The summed E-state index contributed by atoms with van der Waals surface area (Å²) in [4.78, 5) is 11.8. The predicted octanol–water partition coefficient (Wildman–Crippen LogP) is 2.43. The summed E-state index contributed by atoms with van der Waals surface area (Å²) in [7, 11) is 0. The summed E-state index contributed by atoms with van der Waals surface area (Å²) in [6.07, 6.45) is 5.74. The molecule has 0 unspecified atom stereocenters.